The first-order chi connectivity index (χ1) is 10.8. The number of hydrogen-bond donors (Lipinski definition) is 2. The Kier molecular flexibility index (Phi) is 4.05. The fourth-order valence-corrected chi connectivity index (χ4v) is 5.83. The van der Waals surface area contributed by atoms with E-state index in [0.717, 1.165) is 39.0 Å². The first-order valence-electron chi connectivity index (χ1n) is 6.18. The molecule has 0 aliphatic rings. The van der Waals surface area contributed by atoms with E-state index in [1.54, 1.807) is 25.1 Å². The van der Waals surface area contributed by atoms with Crippen LogP contribution in [0.25, 0.3) is 10.1 Å². The fraction of sp³-hybridized carbons (Fsp3) is 0.0769. The molecule has 2 N–H and O–H groups in total. The molecule has 3 aromatic rings. The molecule has 0 aliphatic heterocycles. The Labute approximate surface area is 144 Å². The van der Waals surface area contributed by atoms with Gasteiger partial charge in [-0.15, -0.1) is 11.3 Å². The van der Waals surface area contributed by atoms with E-state index in [1.807, 2.05) is 0 Å². The Morgan fingerprint density at radius 1 is 1.35 bits per heavy atom. The van der Waals surface area contributed by atoms with Crippen molar-refractivity contribution in [3.63, 3.8) is 0 Å². The maximum Gasteiger partial charge on any atom is 0.347 e. The highest BCUT2D eigenvalue weighted by atomic mass is 35.5. The Morgan fingerprint density at radius 3 is 2.74 bits per heavy atom. The number of thiophene rings is 1. The quantitative estimate of drug-likeness (QED) is 0.708. The molecule has 0 fully saturated rings. The topological polar surface area (TPSA) is 96.4 Å². The molecule has 3 rings (SSSR count). The van der Waals surface area contributed by atoms with Crippen molar-refractivity contribution in [3.8, 4) is 0 Å². The number of carboxylic acid groups (broad SMARTS) is 1. The largest absolute Gasteiger partial charge is 0.477 e. The molecule has 0 aliphatic carbocycles. The Bertz CT molecular complexity index is 1020. The molecular weight excluding hydrogens is 380 g/mol. The number of anilines is 1. The van der Waals surface area contributed by atoms with Gasteiger partial charge in [-0.1, -0.05) is 22.9 Å². The van der Waals surface area contributed by atoms with Crippen molar-refractivity contribution >= 4 is 65.5 Å². The average Bonchev–Trinajstić information content (AvgIpc) is 3.04. The summed E-state index contributed by atoms with van der Waals surface area (Å²) in [4.78, 5) is 14.6. The number of halogens is 1. The lowest BCUT2D eigenvalue weighted by atomic mass is 10.2. The standard InChI is InChI=1S/C13H9ClN2O4S3/c1-6-8-4-7(14)2-3-9(8)21-12(6)23(19,20)16-13-15-5-10(22-13)11(17)18/h2-5H,1H3,(H,15,16)(H,17,18). The van der Waals surface area contributed by atoms with Crippen molar-refractivity contribution in [2.45, 2.75) is 11.1 Å². The number of thiazole rings is 1. The van der Waals surface area contributed by atoms with Crippen LogP contribution in [0.5, 0.6) is 0 Å². The third-order valence-corrected chi connectivity index (χ3v) is 7.53. The summed E-state index contributed by atoms with van der Waals surface area (Å²) in [6, 6.07) is 5.18. The van der Waals surface area contributed by atoms with Gasteiger partial charge in [0.05, 0.1) is 6.20 Å². The van der Waals surface area contributed by atoms with Gasteiger partial charge in [0.15, 0.2) is 5.13 Å². The molecule has 0 amide bonds. The van der Waals surface area contributed by atoms with Gasteiger partial charge in [-0.3, -0.25) is 4.72 Å². The maximum atomic E-state index is 12.5. The molecule has 0 spiro atoms. The normalized spacial score (nSPS) is 11.7. The lowest BCUT2D eigenvalue weighted by molar-refractivity contribution is 0.0702. The first kappa shape index (κ1) is 16.2. The smallest absolute Gasteiger partial charge is 0.347 e. The summed E-state index contributed by atoms with van der Waals surface area (Å²) in [6.07, 6.45) is 1.11. The average molecular weight is 389 g/mol. The van der Waals surface area contributed by atoms with E-state index in [9.17, 15) is 13.2 Å². The molecule has 0 bridgehead atoms. The molecule has 2 heterocycles. The van der Waals surface area contributed by atoms with Crippen molar-refractivity contribution < 1.29 is 18.3 Å². The molecule has 0 unspecified atom stereocenters. The maximum absolute atomic E-state index is 12.5. The van der Waals surface area contributed by atoms with E-state index in [-0.39, 0.29) is 14.2 Å². The van der Waals surface area contributed by atoms with Crippen molar-refractivity contribution in [2.75, 3.05) is 4.72 Å². The van der Waals surface area contributed by atoms with Crippen molar-refractivity contribution in [1.29, 1.82) is 0 Å². The zero-order valence-corrected chi connectivity index (χ0v) is 14.7. The molecule has 0 atom stereocenters. The molecule has 0 saturated heterocycles. The second-order valence-electron chi connectivity index (χ2n) is 4.60. The molecule has 10 heteroatoms. The molecule has 2 aromatic heterocycles. The third-order valence-electron chi connectivity index (χ3n) is 3.04. The summed E-state index contributed by atoms with van der Waals surface area (Å²) < 4.78 is 28.4. The van der Waals surface area contributed by atoms with Crippen LogP contribution in [0.15, 0.2) is 28.6 Å². The van der Waals surface area contributed by atoms with Crippen LogP contribution in [0, 0.1) is 6.92 Å². The number of aromatic carboxylic acids is 1. The van der Waals surface area contributed by atoms with Gasteiger partial charge in [0.2, 0.25) is 0 Å². The highest BCUT2D eigenvalue weighted by Gasteiger charge is 2.23. The second kappa shape index (κ2) is 5.75. The number of rotatable bonds is 4. The number of fused-ring (bicyclic) bond motifs is 1. The predicted octanol–water partition coefficient (Wildman–Crippen LogP) is 3.82. The number of sulfonamides is 1. The summed E-state index contributed by atoms with van der Waals surface area (Å²) in [5.41, 5.74) is 0.593. The van der Waals surface area contributed by atoms with Gasteiger partial charge in [-0.2, -0.15) is 0 Å². The lowest BCUT2D eigenvalue weighted by Crippen LogP contribution is -2.12. The van der Waals surface area contributed by atoms with Gasteiger partial charge in [-0.05, 0) is 36.1 Å². The van der Waals surface area contributed by atoms with Crippen molar-refractivity contribution in [1.82, 2.24) is 4.98 Å². The predicted molar refractivity (Wildman–Crippen MR) is 91.5 cm³/mol. The number of benzene rings is 1. The van der Waals surface area contributed by atoms with Crippen LogP contribution in [0.1, 0.15) is 15.2 Å². The highest BCUT2D eigenvalue weighted by Crippen LogP contribution is 2.36. The van der Waals surface area contributed by atoms with Crippen LogP contribution >= 0.6 is 34.3 Å². The van der Waals surface area contributed by atoms with Gasteiger partial charge in [0.25, 0.3) is 10.0 Å². The van der Waals surface area contributed by atoms with E-state index in [1.165, 1.54) is 0 Å². The SMILES string of the molecule is Cc1c(S(=O)(=O)Nc2ncc(C(=O)O)s2)sc2ccc(Cl)cc12. The minimum absolute atomic E-state index is 0.0114. The summed E-state index contributed by atoms with van der Waals surface area (Å²) in [5.74, 6) is -1.15. The van der Waals surface area contributed by atoms with Crippen LogP contribution < -0.4 is 4.72 Å². The van der Waals surface area contributed by atoms with Gasteiger partial charge < -0.3 is 5.11 Å². The zero-order valence-electron chi connectivity index (χ0n) is 11.5. The van der Waals surface area contributed by atoms with E-state index >= 15 is 0 Å². The van der Waals surface area contributed by atoms with Crippen LogP contribution in [0.4, 0.5) is 5.13 Å². The van der Waals surface area contributed by atoms with Gasteiger partial charge in [0.1, 0.15) is 9.09 Å². The summed E-state index contributed by atoms with van der Waals surface area (Å²) >= 11 is 7.84. The number of aryl methyl sites for hydroxylation is 1. The Hall–Kier alpha value is -1.68. The van der Waals surface area contributed by atoms with Crippen molar-refractivity contribution in [2.24, 2.45) is 0 Å². The van der Waals surface area contributed by atoms with E-state index in [4.69, 9.17) is 16.7 Å². The highest BCUT2D eigenvalue weighted by molar-refractivity contribution is 7.95. The Morgan fingerprint density at radius 2 is 2.09 bits per heavy atom. The zero-order chi connectivity index (χ0) is 16.8. The summed E-state index contributed by atoms with van der Waals surface area (Å²) in [5, 5.41) is 10.2. The lowest BCUT2D eigenvalue weighted by Gasteiger charge is -2.03. The fourth-order valence-electron chi connectivity index (χ4n) is 2.01. The number of aromatic nitrogens is 1. The van der Waals surface area contributed by atoms with Crippen LogP contribution in [-0.2, 0) is 10.0 Å². The van der Waals surface area contributed by atoms with E-state index in [0.29, 0.717) is 10.6 Å². The molecule has 0 saturated carbocycles. The minimum Gasteiger partial charge on any atom is -0.477 e. The van der Waals surface area contributed by atoms with Gasteiger partial charge in [0, 0.05) is 9.72 Å². The number of nitrogens with zero attached hydrogens (tertiary/aromatic N) is 1. The number of nitrogens with one attached hydrogen (secondary N) is 1. The minimum atomic E-state index is -3.85. The van der Waals surface area contributed by atoms with E-state index < -0.39 is 16.0 Å². The molecule has 6 nitrogen and oxygen atoms in total. The molecular formula is C13H9ClN2O4S3. The van der Waals surface area contributed by atoms with E-state index in [2.05, 4.69) is 9.71 Å². The summed E-state index contributed by atoms with van der Waals surface area (Å²) in [7, 11) is -3.85. The summed E-state index contributed by atoms with van der Waals surface area (Å²) in [6.45, 7) is 1.70. The molecule has 23 heavy (non-hydrogen) atoms. The van der Waals surface area contributed by atoms with Crippen LogP contribution in [-0.4, -0.2) is 24.5 Å². The molecule has 1 aromatic carbocycles. The van der Waals surface area contributed by atoms with Gasteiger partial charge in [-0.25, -0.2) is 18.2 Å². The van der Waals surface area contributed by atoms with Crippen LogP contribution in [0.3, 0.4) is 0 Å². The van der Waals surface area contributed by atoms with Crippen molar-refractivity contribution in [3.05, 3.63) is 39.9 Å². The second-order valence-corrected chi connectivity index (χ2v) is 8.99. The first-order valence-corrected chi connectivity index (χ1v) is 9.68. The monoisotopic (exact) mass is 388 g/mol. The molecule has 0 radical (unpaired) electrons. The van der Waals surface area contributed by atoms with Crippen LogP contribution in [0.2, 0.25) is 5.02 Å². The number of carboxylic acids is 1. The third kappa shape index (κ3) is 3.05. The number of carbonyl (C=O) groups is 1. The number of hydrogen-bond acceptors (Lipinski definition) is 6. The van der Waals surface area contributed by atoms with Gasteiger partial charge >= 0.3 is 5.97 Å². The molecule has 120 valence electrons. The Balaban J connectivity index is 2.02.